The molecule has 2 aromatic carbocycles. The Hall–Kier alpha value is -1.72. The molecule has 4 heteroatoms. The van der Waals surface area contributed by atoms with Crippen LogP contribution in [0.4, 0.5) is 0 Å². The molecule has 0 amide bonds. The lowest BCUT2D eigenvalue weighted by molar-refractivity contribution is 0.0428. The fourth-order valence-electron chi connectivity index (χ4n) is 5.30. The summed E-state index contributed by atoms with van der Waals surface area (Å²) in [4.78, 5) is 0. The lowest BCUT2D eigenvalue weighted by Gasteiger charge is -2.20. The fraction of sp³-hybridized carbons (Fsp3) is 0.647. The molecule has 5 unspecified atom stereocenters. The number of ether oxygens (including phenoxy) is 2. The van der Waals surface area contributed by atoms with Crippen molar-refractivity contribution in [1.29, 1.82) is 0 Å². The Labute approximate surface area is 232 Å². The van der Waals surface area contributed by atoms with E-state index in [1.165, 1.54) is 56.1 Å². The minimum atomic E-state index is -0.401. The second-order valence-corrected chi connectivity index (χ2v) is 11.3. The maximum absolute atomic E-state index is 9.46. The monoisotopic (exact) mass is 526 g/mol. The number of unbranched alkanes of at least 4 members (excludes halogenated alkanes) is 1. The van der Waals surface area contributed by atoms with Crippen LogP contribution in [0, 0.1) is 5.92 Å². The van der Waals surface area contributed by atoms with Crippen molar-refractivity contribution >= 4 is 0 Å². The third-order valence-corrected chi connectivity index (χ3v) is 7.46. The molecule has 0 aliphatic heterocycles. The normalized spacial score (nSPS) is 15.6. The lowest BCUT2D eigenvalue weighted by atomic mass is 9.86. The number of rotatable bonds is 22. The van der Waals surface area contributed by atoms with Crippen LogP contribution in [0.5, 0.6) is 0 Å². The second-order valence-electron chi connectivity index (χ2n) is 11.3. The van der Waals surface area contributed by atoms with Gasteiger partial charge in [-0.3, -0.25) is 0 Å². The molecule has 214 valence electrons. The van der Waals surface area contributed by atoms with Gasteiger partial charge in [0, 0.05) is 13.2 Å². The van der Waals surface area contributed by atoms with Crippen molar-refractivity contribution in [3.05, 3.63) is 71.8 Å². The first-order valence-corrected chi connectivity index (χ1v) is 15.1. The van der Waals surface area contributed by atoms with E-state index in [2.05, 4.69) is 67.6 Å². The number of aliphatic hydroxyl groups excluding tert-OH is 2. The van der Waals surface area contributed by atoms with Gasteiger partial charge < -0.3 is 19.7 Å². The molecular weight excluding hydrogens is 472 g/mol. The highest BCUT2D eigenvalue weighted by atomic mass is 16.5. The highest BCUT2D eigenvalue weighted by Gasteiger charge is 2.15. The summed E-state index contributed by atoms with van der Waals surface area (Å²) in [7, 11) is 0. The van der Waals surface area contributed by atoms with E-state index in [1.54, 1.807) is 13.8 Å². The van der Waals surface area contributed by atoms with Gasteiger partial charge in [0.15, 0.2) is 0 Å². The molecular formula is C34H54O4. The minimum absolute atomic E-state index is 0.381. The van der Waals surface area contributed by atoms with Crippen LogP contribution in [0.1, 0.15) is 108 Å². The Bertz CT molecular complexity index is 793. The van der Waals surface area contributed by atoms with Crippen molar-refractivity contribution in [2.24, 2.45) is 5.92 Å². The van der Waals surface area contributed by atoms with Crippen LogP contribution in [0.15, 0.2) is 60.7 Å². The summed E-state index contributed by atoms with van der Waals surface area (Å²) >= 11 is 0. The molecule has 2 rings (SSSR count). The molecule has 0 aliphatic carbocycles. The lowest BCUT2D eigenvalue weighted by Crippen LogP contribution is -2.13. The maximum Gasteiger partial charge on any atom is 0.0745 e. The largest absolute Gasteiger partial charge is 0.391 e. The summed E-state index contributed by atoms with van der Waals surface area (Å²) in [5, 5.41) is 18.8. The standard InChI is InChI=1S/C34H54O4/c1-28(15-13-22-34(23-25-38-27-30(3)36)32-18-8-5-9-19-32)14-12-21-33(31-16-6-4-7-17-31)20-10-11-24-37-26-29(2)35/h4-9,16-19,28-30,33-36H,10-15,20-27H2,1-3H3. The van der Waals surface area contributed by atoms with Crippen LogP contribution >= 0.6 is 0 Å². The molecule has 2 aromatic rings. The van der Waals surface area contributed by atoms with Gasteiger partial charge >= 0.3 is 0 Å². The fourth-order valence-corrected chi connectivity index (χ4v) is 5.30. The second kappa shape index (κ2) is 20.2. The first kappa shape index (κ1) is 32.5. The molecule has 0 radical (unpaired) electrons. The van der Waals surface area contributed by atoms with Gasteiger partial charge in [-0.2, -0.15) is 0 Å². The third-order valence-electron chi connectivity index (χ3n) is 7.46. The van der Waals surface area contributed by atoms with Crippen molar-refractivity contribution < 1.29 is 19.7 Å². The highest BCUT2D eigenvalue weighted by molar-refractivity contribution is 5.20. The molecule has 5 atom stereocenters. The first-order valence-electron chi connectivity index (χ1n) is 15.1. The van der Waals surface area contributed by atoms with Gasteiger partial charge in [0.05, 0.1) is 25.4 Å². The SMILES string of the molecule is CC(O)COCCCCC(CCCC(C)CCCC(CCOCC(C)O)c1ccccc1)c1ccccc1. The van der Waals surface area contributed by atoms with E-state index in [1.807, 2.05) is 0 Å². The van der Waals surface area contributed by atoms with E-state index >= 15 is 0 Å². The van der Waals surface area contributed by atoms with E-state index in [0.717, 1.165) is 31.8 Å². The van der Waals surface area contributed by atoms with Crippen molar-refractivity contribution in [2.75, 3.05) is 26.4 Å². The van der Waals surface area contributed by atoms with Crippen LogP contribution in [0.25, 0.3) is 0 Å². The molecule has 0 saturated carbocycles. The Morgan fingerprint density at radius 1 is 0.526 bits per heavy atom. The van der Waals surface area contributed by atoms with E-state index in [9.17, 15) is 10.2 Å². The summed E-state index contributed by atoms with van der Waals surface area (Å²) in [5.74, 6) is 1.87. The van der Waals surface area contributed by atoms with E-state index in [-0.39, 0.29) is 6.10 Å². The molecule has 4 nitrogen and oxygen atoms in total. The van der Waals surface area contributed by atoms with Gasteiger partial charge in [-0.1, -0.05) is 99.7 Å². The van der Waals surface area contributed by atoms with E-state index in [4.69, 9.17) is 9.47 Å². The smallest absolute Gasteiger partial charge is 0.0745 e. The molecule has 0 heterocycles. The van der Waals surface area contributed by atoms with Gasteiger partial charge in [-0.25, -0.2) is 0 Å². The Kier molecular flexibility index (Phi) is 17.3. The Balaban J connectivity index is 1.72. The summed E-state index contributed by atoms with van der Waals surface area (Å²) in [6.07, 6.45) is 11.2. The zero-order valence-electron chi connectivity index (χ0n) is 24.3. The first-order chi connectivity index (χ1) is 18.5. The minimum Gasteiger partial charge on any atom is -0.391 e. The number of hydrogen-bond acceptors (Lipinski definition) is 4. The zero-order valence-corrected chi connectivity index (χ0v) is 24.3. The van der Waals surface area contributed by atoms with Gasteiger partial charge in [-0.05, 0) is 74.8 Å². The maximum atomic E-state index is 9.46. The average molecular weight is 527 g/mol. The van der Waals surface area contributed by atoms with Gasteiger partial charge in [0.2, 0.25) is 0 Å². The predicted octanol–water partition coefficient (Wildman–Crippen LogP) is 7.89. The van der Waals surface area contributed by atoms with Crippen molar-refractivity contribution in [3.63, 3.8) is 0 Å². The van der Waals surface area contributed by atoms with Crippen molar-refractivity contribution in [1.82, 2.24) is 0 Å². The van der Waals surface area contributed by atoms with Crippen LogP contribution in [0.3, 0.4) is 0 Å². The Morgan fingerprint density at radius 3 is 1.47 bits per heavy atom. The molecule has 0 bridgehead atoms. The van der Waals surface area contributed by atoms with Crippen LogP contribution in [-0.2, 0) is 9.47 Å². The molecule has 38 heavy (non-hydrogen) atoms. The number of hydrogen-bond donors (Lipinski definition) is 2. The number of benzene rings is 2. The van der Waals surface area contributed by atoms with Crippen LogP contribution in [0.2, 0.25) is 0 Å². The molecule has 0 fully saturated rings. The number of aliphatic hydroxyl groups is 2. The summed E-state index contributed by atoms with van der Waals surface area (Å²) in [6.45, 7) is 8.24. The molecule has 2 N–H and O–H groups in total. The van der Waals surface area contributed by atoms with E-state index in [0.29, 0.717) is 31.7 Å². The van der Waals surface area contributed by atoms with Crippen LogP contribution < -0.4 is 0 Å². The predicted molar refractivity (Wildman–Crippen MR) is 159 cm³/mol. The topological polar surface area (TPSA) is 58.9 Å². The molecule has 0 spiro atoms. The quantitative estimate of drug-likeness (QED) is 0.153. The zero-order chi connectivity index (χ0) is 27.4. The molecule has 0 aliphatic rings. The molecule has 0 saturated heterocycles. The third kappa shape index (κ3) is 15.0. The van der Waals surface area contributed by atoms with Gasteiger partial charge in [0.1, 0.15) is 0 Å². The van der Waals surface area contributed by atoms with Crippen molar-refractivity contribution in [3.8, 4) is 0 Å². The summed E-state index contributed by atoms with van der Waals surface area (Å²) in [6, 6.07) is 21.8. The summed E-state index contributed by atoms with van der Waals surface area (Å²) in [5.41, 5.74) is 2.87. The highest BCUT2D eigenvalue weighted by Crippen LogP contribution is 2.30. The van der Waals surface area contributed by atoms with Gasteiger partial charge in [-0.15, -0.1) is 0 Å². The van der Waals surface area contributed by atoms with Gasteiger partial charge in [0.25, 0.3) is 0 Å². The average Bonchev–Trinajstić information content (AvgIpc) is 2.91. The molecule has 0 aromatic heterocycles. The Morgan fingerprint density at radius 2 is 0.974 bits per heavy atom. The van der Waals surface area contributed by atoms with Crippen LogP contribution in [-0.4, -0.2) is 48.8 Å². The van der Waals surface area contributed by atoms with Crippen molar-refractivity contribution in [2.45, 2.75) is 109 Å². The summed E-state index contributed by atoms with van der Waals surface area (Å²) < 4.78 is 11.2. The van der Waals surface area contributed by atoms with E-state index < -0.39 is 6.10 Å².